The lowest BCUT2D eigenvalue weighted by Gasteiger charge is -2.34. The highest BCUT2D eigenvalue weighted by atomic mass is 19.1. The summed E-state index contributed by atoms with van der Waals surface area (Å²) in [5.41, 5.74) is 5.25. The Bertz CT molecular complexity index is 1080. The van der Waals surface area contributed by atoms with E-state index in [0.29, 0.717) is 12.3 Å². The number of fused-ring (bicyclic) bond motifs is 1. The Hall–Kier alpha value is -3.21. The normalized spacial score (nSPS) is 21.1. The molecule has 0 radical (unpaired) electrons. The third-order valence-corrected chi connectivity index (χ3v) is 5.73. The molecule has 140 valence electrons. The molecule has 2 aromatic carbocycles. The van der Waals surface area contributed by atoms with Gasteiger partial charge in [0.05, 0.1) is 11.3 Å². The average Bonchev–Trinajstić information content (AvgIpc) is 3.08. The number of anilines is 1. The summed E-state index contributed by atoms with van der Waals surface area (Å²) in [5.74, 6) is 0.227. The first-order chi connectivity index (χ1) is 13.6. The topological polar surface area (TPSA) is 55.1 Å². The zero-order valence-corrected chi connectivity index (χ0v) is 15.4. The summed E-state index contributed by atoms with van der Waals surface area (Å²) in [7, 11) is 0. The van der Waals surface area contributed by atoms with Crippen LogP contribution >= 0.6 is 0 Å². The lowest BCUT2D eigenvalue weighted by atomic mass is 9.72. The van der Waals surface area contributed by atoms with Gasteiger partial charge in [-0.2, -0.15) is 0 Å². The second-order valence-corrected chi connectivity index (χ2v) is 7.45. The molecule has 0 saturated carbocycles. The van der Waals surface area contributed by atoms with Crippen molar-refractivity contribution in [3.63, 3.8) is 0 Å². The number of rotatable bonds is 2. The molecule has 28 heavy (non-hydrogen) atoms. The van der Waals surface area contributed by atoms with Crippen molar-refractivity contribution in [2.45, 2.75) is 31.6 Å². The van der Waals surface area contributed by atoms with Crippen LogP contribution in [0.5, 0.6) is 0 Å². The number of hydrogen-bond donors (Lipinski definition) is 1. The van der Waals surface area contributed by atoms with Crippen LogP contribution in [0, 0.1) is 12.7 Å². The van der Waals surface area contributed by atoms with E-state index in [1.54, 1.807) is 12.1 Å². The van der Waals surface area contributed by atoms with Crippen molar-refractivity contribution in [3.05, 3.63) is 94.1 Å². The molecule has 0 fully saturated rings. The Morgan fingerprint density at radius 3 is 2.54 bits per heavy atom. The van der Waals surface area contributed by atoms with E-state index < -0.39 is 0 Å². The van der Waals surface area contributed by atoms with Crippen LogP contribution in [0.1, 0.15) is 47.1 Å². The minimum atomic E-state index is -0.298. The van der Waals surface area contributed by atoms with E-state index in [2.05, 4.69) is 22.6 Å². The fraction of sp³-hybridized carbons (Fsp3) is 0.217. The predicted molar refractivity (Wildman–Crippen MR) is 104 cm³/mol. The molecule has 4 nitrogen and oxygen atoms in total. The predicted octanol–water partition coefficient (Wildman–Crippen LogP) is 5.08. The Morgan fingerprint density at radius 2 is 1.79 bits per heavy atom. The number of carbonyl (C=O) groups is 1. The highest BCUT2D eigenvalue weighted by molar-refractivity contribution is 6.01. The number of hydrogen-bond acceptors (Lipinski definition) is 4. The second-order valence-electron chi connectivity index (χ2n) is 7.45. The number of benzene rings is 2. The first kappa shape index (κ1) is 16.9. The van der Waals surface area contributed by atoms with Gasteiger partial charge in [-0.25, -0.2) is 4.39 Å². The number of nitrogens with zero attached hydrogens (tertiary/aromatic N) is 1. The maximum atomic E-state index is 13.5. The Labute approximate surface area is 162 Å². The third-order valence-electron chi connectivity index (χ3n) is 5.73. The van der Waals surface area contributed by atoms with E-state index in [0.717, 1.165) is 40.1 Å². The monoisotopic (exact) mass is 374 g/mol. The standard InChI is InChI=1S/C23H19FN2O2/c1-13-20-21(15-7-9-17(24)10-8-15)22-18(25-23(20)28-26-13)11-16(12-19(22)27)14-5-3-2-4-6-14/h2-10,16,21,25H,11-12H2,1H3. The van der Waals surface area contributed by atoms with Gasteiger partial charge in [0.25, 0.3) is 0 Å². The second kappa shape index (κ2) is 6.44. The summed E-state index contributed by atoms with van der Waals surface area (Å²) in [6.07, 6.45) is 1.18. The van der Waals surface area contributed by atoms with Crippen LogP contribution in [-0.4, -0.2) is 10.9 Å². The van der Waals surface area contributed by atoms with Crippen molar-refractivity contribution in [1.82, 2.24) is 5.16 Å². The van der Waals surface area contributed by atoms with Gasteiger partial charge in [0.1, 0.15) is 5.82 Å². The molecule has 0 spiro atoms. The summed E-state index contributed by atoms with van der Waals surface area (Å²) >= 11 is 0. The molecule has 2 heterocycles. The lowest BCUT2D eigenvalue weighted by molar-refractivity contribution is -0.116. The van der Waals surface area contributed by atoms with Crippen LogP contribution in [0.3, 0.4) is 0 Å². The van der Waals surface area contributed by atoms with Crippen molar-refractivity contribution in [2.24, 2.45) is 0 Å². The Morgan fingerprint density at radius 1 is 1.04 bits per heavy atom. The Balaban J connectivity index is 1.63. The maximum absolute atomic E-state index is 13.5. The average molecular weight is 374 g/mol. The molecule has 1 aromatic heterocycles. The smallest absolute Gasteiger partial charge is 0.233 e. The maximum Gasteiger partial charge on any atom is 0.233 e. The summed E-state index contributed by atoms with van der Waals surface area (Å²) < 4.78 is 19.0. The van der Waals surface area contributed by atoms with Gasteiger partial charge < -0.3 is 9.84 Å². The molecule has 1 N–H and O–H groups in total. The van der Waals surface area contributed by atoms with Crippen LogP contribution in [0.4, 0.5) is 10.3 Å². The van der Waals surface area contributed by atoms with E-state index in [1.165, 1.54) is 12.1 Å². The highest BCUT2D eigenvalue weighted by Gasteiger charge is 2.41. The molecule has 2 atom stereocenters. The summed E-state index contributed by atoms with van der Waals surface area (Å²) in [6.45, 7) is 1.87. The minimum absolute atomic E-state index is 0.114. The number of aryl methyl sites for hydroxylation is 1. The van der Waals surface area contributed by atoms with Crippen molar-refractivity contribution < 1.29 is 13.7 Å². The van der Waals surface area contributed by atoms with Crippen LogP contribution in [-0.2, 0) is 4.79 Å². The number of Topliss-reactive ketones (excluding diaryl/α,β-unsaturated/α-hetero) is 1. The van der Waals surface area contributed by atoms with Crippen molar-refractivity contribution in [1.29, 1.82) is 0 Å². The molecule has 0 amide bonds. The fourth-order valence-electron chi connectivity index (χ4n) is 4.42. The van der Waals surface area contributed by atoms with E-state index in [9.17, 15) is 9.18 Å². The quantitative estimate of drug-likeness (QED) is 0.680. The number of aromatic nitrogens is 1. The molecule has 2 aliphatic rings. The minimum Gasteiger partial charge on any atom is -0.338 e. The van der Waals surface area contributed by atoms with Gasteiger partial charge in [0, 0.05) is 23.6 Å². The zero-order valence-electron chi connectivity index (χ0n) is 15.4. The van der Waals surface area contributed by atoms with Crippen molar-refractivity contribution in [2.75, 3.05) is 5.32 Å². The first-order valence-corrected chi connectivity index (χ1v) is 9.41. The van der Waals surface area contributed by atoms with Crippen molar-refractivity contribution in [3.8, 4) is 0 Å². The van der Waals surface area contributed by atoms with Crippen molar-refractivity contribution >= 4 is 11.7 Å². The first-order valence-electron chi connectivity index (χ1n) is 9.41. The molecule has 5 rings (SSSR count). The van der Waals surface area contributed by atoms with Crippen LogP contribution < -0.4 is 5.32 Å². The summed E-state index contributed by atoms with van der Waals surface area (Å²) in [6, 6.07) is 16.4. The number of halogens is 1. The van der Waals surface area contributed by atoms with Crippen LogP contribution in [0.25, 0.3) is 0 Å². The molecule has 5 heteroatoms. The van der Waals surface area contributed by atoms with Gasteiger partial charge in [-0.15, -0.1) is 0 Å². The van der Waals surface area contributed by atoms with Gasteiger partial charge in [0.15, 0.2) is 5.78 Å². The molecule has 0 bridgehead atoms. The lowest BCUT2D eigenvalue weighted by Crippen LogP contribution is -2.29. The largest absolute Gasteiger partial charge is 0.338 e. The number of carbonyl (C=O) groups excluding carboxylic acids is 1. The molecular formula is C23H19FN2O2. The third kappa shape index (κ3) is 2.66. The molecule has 2 unspecified atom stereocenters. The zero-order chi connectivity index (χ0) is 19.3. The SMILES string of the molecule is Cc1noc2c1C(c1ccc(F)cc1)C1=C(CC(c3ccccc3)CC1=O)N2. The molecule has 1 aliphatic carbocycles. The van der Waals surface area contributed by atoms with Crippen LogP contribution in [0.2, 0.25) is 0 Å². The van der Waals surface area contributed by atoms with Gasteiger partial charge in [-0.3, -0.25) is 4.79 Å². The van der Waals surface area contributed by atoms with Crippen LogP contribution in [0.15, 0.2) is 70.4 Å². The van der Waals surface area contributed by atoms with E-state index in [4.69, 9.17) is 4.52 Å². The van der Waals surface area contributed by atoms with Gasteiger partial charge in [-0.05, 0) is 42.5 Å². The Kier molecular flexibility index (Phi) is 3.90. The van der Waals surface area contributed by atoms with E-state index in [-0.39, 0.29) is 23.4 Å². The summed E-state index contributed by atoms with van der Waals surface area (Å²) in [5, 5.41) is 7.42. The fourth-order valence-corrected chi connectivity index (χ4v) is 4.42. The number of nitrogens with one attached hydrogen (secondary N) is 1. The number of allylic oxidation sites excluding steroid dienone is 2. The molecule has 1 aliphatic heterocycles. The van der Waals surface area contributed by atoms with Gasteiger partial charge in [0.2, 0.25) is 5.88 Å². The molecular weight excluding hydrogens is 355 g/mol. The van der Waals surface area contributed by atoms with Gasteiger partial charge in [-0.1, -0.05) is 47.6 Å². The van der Waals surface area contributed by atoms with E-state index >= 15 is 0 Å². The summed E-state index contributed by atoms with van der Waals surface area (Å²) in [4.78, 5) is 13.3. The molecule has 3 aromatic rings. The highest BCUT2D eigenvalue weighted by Crippen LogP contribution is 2.48. The van der Waals surface area contributed by atoms with Gasteiger partial charge >= 0.3 is 0 Å². The van der Waals surface area contributed by atoms with E-state index in [1.807, 2.05) is 25.1 Å². The number of ketones is 1. The molecule has 0 saturated heterocycles.